The van der Waals surface area contributed by atoms with Crippen molar-refractivity contribution < 1.29 is 18.3 Å². The molecule has 1 atom stereocenters. The normalized spacial score (nSPS) is 19.1. The highest BCUT2D eigenvalue weighted by Gasteiger charge is 2.35. The molecular formula is C20H24N2O4S. The summed E-state index contributed by atoms with van der Waals surface area (Å²) in [6.45, 7) is 1.75. The molecule has 1 aliphatic heterocycles. The van der Waals surface area contributed by atoms with Crippen LogP contribution >= 0.6 is 0 Å². The second kappa shape index (κ2) is 8.21. The van der Waals surface area contributed by atoms with Gasteiger partial charge in [0.05, 0.1) is 10.9 Å². The highest BCUT2D eigenvalue weighted by atomic mass is 32.2. The molecule has 2 aromatic carbocycles. The van der Waals surface area contributed by atoms with Gasteiger partial charge in [-0.2, -0.15) is 4.31 Å². The predicted molar refractivity (Wildman–Crippen MR) is 103 cm³/mol. The summed E-state index contributed by atoms with van der Waals surface area (Å²) in [6, 6.07) is 16.0. The number of carbonyl (C=O) groups is 1. The van der Waals surface area contributed by atoms with Crippen molar-refractivity contribution in [1.82, 2.24) is 9.21 Å². The van der Waals surface area contributed by atoms with Crippen LogP contribution in [0.15, 0.2) is 59.5 Å². The van der Waals surface area contributed by atoms with Crippen LogP contribution in [0.4, 0.5) is 0 Å². The first-order valence-electron chi connectivity index (χ1n) is 8.94. The van der Waals surface area contributed by atoms with E-state index in [-0.39, 0.29) is 17.4 Å². The van der Waals surface area contributed by atoms with Crippen molar-refractivity contribution in [2.45, 2.75) is 23.8 Å². The molecule has 0 bridgehead atoms. The molecule has 2 aromatic rings. The molecule has 1 unspecified atom stereocenters. The molecule has 0 aromatic heterocycles. The maximum absolute atomic E-state index is 13.3. The van der Waals surface area contributed by atoms with Gasteiger partial charge in [0, 0.05) is 26.1 Å². The van der Waals surface area contributed by atoms with Gasteiger partial charge in [-0.3, -0.25) is 4.79 Å². The molecule has 0 spiro atoms. The smallest absolute Gasteiger partial charge is 0.303 e. The highest BCUT2D eigenvalue weighted by Crippen LogP contribution is 2.30. The Morgan fingerprint density at radius 3 is 2.37 bits per heavy atom. The summed E-state index contributed by atoms with van der Waals surface area (Å²) in [7, 11) is -1.64. The Morgan fingerprint density at radius 1 is 1.07 bits per heavy atom. The van der Waals surface area contributed by atoms with E-state index in [0.717, 1.165) is 11.1 Å². The quantitative estimate of drug-likeness (QED) is 0.822. The lowest BCUT2D eigenvalue weighted by Crippen LogP contribution is -2.49. The van der Waals surface area contributed by atoms with Crippen LogP contribution < -0.4 is 0 Å². The fraction of sp³-hybridized carbons (Fsp3) is 0.350. The lowest BCUT2D eigenvalue weighted by Gasteiger charge is -2.39. The number of hydrogen-bond acceptors (Lipinski definition) is 4. The first kappa shape index (κ1) is 19.5. The second-order valence-electron chi connectivity index (χ2n) is 6.84. The third kappa shape index (κ3) is 4.55. The van der Waals surface area contributed by atoms with E-state index in [0.29, 0.717) is 26.1 Å². The Labute approximate surface area is 160 Å². The summed E-state index contributed by atoms with van der Waals surface area (Å²) in [5.41, 5.74) is 1.79. The Hall–Kier alpha value is -2.22. The van der Waals surface area contributed by atoms with Gasteiger partial charge in [-0.05, 0) is 36.7 Å². The van der Waals surface area contributed by atoms with E-state index in [9.17, 15) is 13.2 Å². The predicted octanol–water partition coefficient (Wildman–Crippen LogP) is 2.38. The summed E-state index contributed by atoms with van der Waals surface area (Å²) < 4.78 is 28.1. The van der Waals surface area contributed by atoms with E-state index in [2.05, 4.69) is 4.90 Å². The molecule has 6 nitrogen and oxygen atoms in total. The highest BCUT2D eigenvalue weighted by molar-refractivity contribution is 7.89. The van der Waals surface area contributed by atoms with Crippen LogP contribution in [0, 0.1) is 0 Å². The number of sulfonamides is 1. The molecule has 1 heterocycles. The van der Waals surface area contributed by atoms with Crippen molar-refractivity contribution in [2.75, 3.05) is 26.7 Å². The van der Waals surface area contributed by atoms with Crippen molar-refractivity contribution in [3.8, 4) is 0 Å². The van der Waals surface area contributed by atoms with Crippen molar-refractivity contribution in [2.24, 2.45) is 0 Å². The van der Waals surface area contributed by atoms with E-state index in [4.69, 9.17) is 5.11 Å². The van der Waals surface area contributed by atoms with Crippen molar-refractivity contribution in [3.63, 3.8) is 0 Å². The van der Waals surface area contributed by atoms with E-state index in [1.54, 1.807) is 28.6 Å². The number of aryl methyl sites for hydroxylation is 1. The van der Waals surface area contributed by atoms with Crippen LogP contribution in [-0.4, -0.2) is 55.4 Å². The zero-order valence-electron chi connectivity index (χ0n) is 15.3. The number of carboxylic acids is 1. The first-order chi connectivity index (χ1) is 12.9. The van der Waals surface area contributed by atoms with E-state index < -0.39 is 16.0 Å². The second-order valence-corrected chi connectivity index (χ2v) is 8.73. The first-order valence-corrected chi connectivity index (χ1v) is 10.4. The van der Waals surface area contributed by atoms with Crippen LogP contribution in [0.1, 0.15) is 23.6 Å². The van der Waals surface area contributed by atoms with Gasteiger partial charge in [0.2, 0.25) is 10.0 Å². The summed E-state index contributed by atoms with van der Waals surface area (Å²) in [5.74, 6) is -0.866. The Balaban J connectivity index is 1.86. The lowest BCUT2D eigenvalue weighted by atomic mass is 10.1. The number of carboxylic acid groups (broad SMARTS) is 1. The van der Waals surface area contributed by atoms with Crippen LogP contribution in [0.3, 0.4) is 0 Å². The molecular weight excluding hydrogens is 364 g/mol. The Morgan fingerprint density at radius 2 is 1.74 bits per heavy atom. The fourth-order valence-corrected chi connectivity index (χ4v) is 4.95. The molecule has 1 aliphatic rings. The minimum absolute atomic E-state index is 0.0284. The van der Waals surface area contributed by atoms with E-state index in [1.165, 1.54) is 0 Å². The zero-order chi connectivity index (χ0) is 19.4. The van der Waals surface area contributed by atoms with Crippen molar-refractivity contribution >= 4 is 16.0 Å². The van der Waals surface area contributed by atoms with Gasteiger partial charge in [0.15, 0.2) is 0 Å². The van der Waals surface area contributed by atoms with Crippen molar-refractivity contribution in [1.29, 1.82) is 0 Å². The number of likely N-dealkylation sites (N-methyl/N-ethyl adjacent to an activating group) is 1. The van der Waals surface area contributed by atoms with Crippen LogP contribution in [0.2, 0.25) is 0 Å². The van der Waals surface area contributed by atoms with Gasteiger partial charge in [-0.1, -0.05) is 42.5 Å². The van der Waals surface area contributed by atoms with Gasteiger partial charge in [-0.25, -0.2) is 8.42 Å². The fourth-order valence-electron chi connectivity index (χ4n) is 3.35. The molecule has 27 heavy (non-hydrogen) atoms. The minimum atomic E-state index is -3.64. The molecule has 144 valence electrons. The molecule has 3 rings (SSSR count). The topological polar surface area (TPSA) is 77.9 Å². The number of rotatable bonds is 6. The molecule has 0 aliphatic carbocycles. The van der Waals surface area contributed by atoms with E-state index in [1.807, 2.05) is 37.4 Å². The van der Waals surface area contributed by atoms with Crippen LogP contribution in [0.25, 0.3) is 0 Å². The van der Waals surface area contributed by atoms with E-state index >= 15 is 0 Å². The Bertz CT molecular complexity index is 882. The largest absolute Gasteiger partial charge is 0.481 e. The van der Waals surface area contributed by atoms with Gasteiger partial charge in [0.1, 0.15) is 0 Å². The van der Waals surface area contributed by atoms with Gasteiger partial charge >= 0.3 is 5.97 Å². The van der Waals surface area contributed by atoms with Crippen LogP contribution in [0.5, 0.6) is 0 Å². The third-order valence-corrected chi connectivity index (χ3v) is 6.80. The average molecular weight is 388 g/mol. The number of piperazine rings is 1. The van der Waals surface area contributed by atoms with Crippen molar-refractivity contribution in [3.05, 3.63) is 65.7 Å². The number of benzene rings is 2. The van der Waals surface area contributed by atoms with Gasteiger partial charge < -0.3 is 10.0 Å². The molecule has 1 saturated heterocycles. The summed E-state index contributed by atoms with van der Waals surface area (Å²) in [4.78, 5) is 13.1. The van der Waals surface area contributed by atoms with Gasteiger partial charge in [-0.15, -0.1) is 0 Å². The molecule has 0 amide bonds. The molecule has 1 fully saturated rings. The zero-order valence-corrected chi connectivity index (χ0v) is 16.1. The summed E-state index contributed by atoms with van der Waals surface area (Å²) >= 11 is 0. The standard InChI is InChI=1S/C20H24N2O4S/c1-21-13-14-22(19(15-21)17-5-3-2-4-6-17)27(25,26)18-10-7-16(8-11-18)9-12-20(23)24/h2-8,10-11,19H,9,12-15H2,1H3,(H,23,24). The number of nitrogens with zero attached hydrogens (tertiary/aromatic N) is 2. The Kier molecular flexibility index (Phi) is 5.94. The number of aliphatic carboxylic acids is 1. The minimum Gasteiger partial charge on any atom is -0.481 e. The molecule has 0 saturated carbocycles. The van der Waals surface area contributed by atoms with Crippen LogP contribution in [-0.2, 0) is 21.2 Å². The monoisotopic (exact) mass is 388 g/mol. The maximum Gasteiger partial charge on any atom is 0.303 e. The van der Waals surface area contributed by atoms with Gasteiger partial charge in [0.25, 0.3) is 0 Å². The summed E-state index contributed by atoms with van der Waals surface area (Å²) in [5, 5.41) is 8.78. The summed E-state index contributed by atoms with van der Waals surface area (Å²) in [6.07, 6.45) is 0.414. The average Bonchev–Trinajstić information content (AvgIpc) is 2.67. The molecule has 0 radical (unpaired) electrons. The SMILES string of the molecule is CN1CCN(S(=O)(=O)c2ccc(CCC(=O)O)cc2)C(c2ccccc2)C1. The number of hydrogen-bond donors (Lipinski definition) is 1. The molecule has 1 N–H and O–H groups in total. The third-order valence-electron chi connectivity index (χ3n) is 4.88. The maximum atomic E-state index is 13.3. The molecule has 7 heteroatoms. The lowest BCUT2D eigenvalue weighted by molar-refractivity contribution is -0.136.